The van der Waals surface area contributed by atoms with Crippen LogP contribution in [-0.2, 0) is 9.53 Å². The van der Waals surface area contributed by atoms with Crippen molar-refractivity contribution in [3.8, 4) is 0 Å². The van der Waals surface area contributed by atoms with Crippen LogP contribution in [0.3, 0.4) is 0 Å². The van der Waals surface area contributed by atoms with Gasteiger partial charge < -0.3 is 15.4 Å². The number of rotatable bonds is 6. The second-order valence-corrected chi connectivity index (χ2v) is 5.08. The Morgan fingerprint density at radius 3 is 2.35 bits per heavy atom. The molecule has 5 heteroatoms. The van der Waals surface area contributed by atoms with Gasteiger partial charge in [-0.15, -0.1) is 0 Å². The Kier molecular flexibility index (Phi) is 5.74. The molecule has 2 aromatic carbocycles. The van der Waals surface area contributed by atoms with Crippen LogP contribution in [0.15, 0.2) is 48.5 Å². The SMILES string of the molecule is COC(=O)c1ccccc1NC(=O)CCNc1ccccc1C. The van der Waals surface area contributed by atoms with Crippen molar-refractivity contribution in [2.45, 2.75) is 13.3 Å². The van der Waals surface area contributed by atoms with Gasteiger partial charge >= 0.3 is 5.97 Å². The van der Waals surface area contributed by atoms with Crippen molar-refractivity contribution < 1.29 is 14.3 Å². The molecule has 0 aliphatic heterocycles. The third kappa shape index (κ3) is 4.57. The van der Waals surface area contributed by atoms with E-state index in [1.807, 2.05) is 31.2 Å². The Labute approximate surface area is 135 Å². The van der Waals surface area contributed by atoms with E-state index in [1.165, 1.54) is 7.11 Å². The number of benzene rings is 2. The molecule has 0 unspecified atom stereocenters. The Balaban J connectivity index is 1.91. The van der Waals surface area contributed by atoms with Crippen LogP contribution in [0, 0.1) is 6.92 Å². The van der Waals surface area contributed by atoms with E-state index < -0.39 is 5.97 Å². The molecule has 0 fully saturated rings. The summed E-state index contributed by atoms with van der Waals surface area (Å²) in [5.74, 6) is -0.638. The van der Waals surface area contributed by atoms with Crippen molar-refractivity contribution in [1.82, 2.24) is 0 Å². The van der Waals surface area contributed by atoms with Crippen LogP contribution in [0.1, 0.15) is 22.3 Å². The molecule has 0 saturated heterocycles. The molecule has 0 aliphatic carbocycles. The quantitative estimate of drug-likeness (QED) is 0.804. The zero-order valence-electron chi connectivity index (χ0n) is 13.3. The Bertz CT molecular complexity index is 698. The summed E-state index contributed by atoms with van der Waals surface area (Å²) >= 11 is 0. The van der Waals surface area contributed by atoms with Gasteiger partial charge in [0.25, 0.3) is 0 Å². The van der Waals surface area contributed by atoms with Gasteiger partial charge in [0, 0.05) is 18.7 Å². The van der Waals surface area contributed by atoms with Gasteiger partial charge in [-0.05, 0) is 30.7 Å². The normalized spacial score (nSPS) is 10.0. The predicted molar refractivity (Wildman–Crippen MR) is 90.7 cm³/mol. The van der Waals surface area contributed by atoms with Crippen molar-refractivity contribution in [2.24, 2.45) is 0 Å². The van der Waals surface area contributed by atoms with Crippen LogP contribution < -0.4 is 10.6 Å². The summed E-state index contributed by atoms with van der Waals surface area (Å²) in [5.41, 5.74) is 2.94. The molecule has 0 aliphatic rings. The van der Waals surface area contributed by atoms with Gasteiger partial charge in [0.05, 0.1) is 18.4 Å². The number of para-hydroxylation sites is 2. The topological polar surface area (TPSA) is 67.4 Å². The number of nitrogens with one attached hydrogen (secondary N) is 2. The smallest absolute Gasteiger partial charge is 0.339 e. The van der Waals surface area contributed by atoms with Crippen molar-refractivity contribution in [3.05, 3.63) is 59.7 Å². The summed E-state index contributed by atoms with van der Waals surface area (Å²) < 4.78 is 4.71. The standard InChI is InChI=1S/C18H20N2O3/c1-13-7-3-5-9-15(13)19-12-11-17(21)20-16-10-6-4-8-14(16)18(22)23-2/h3-10,19H,11-12H2,1-2H3,(H,20,21). The lowest BCUT2D eigenvalue weighted by Crippen LogP contribution is -2.18. The fraction of sp³-hybridized carbons (Fsp3) is 0.222. The van der Waals surface area contributed by atoms with Gasteiger partial charge in [0.15, 0.2) is 0 Å². The lowest BCUT2D eigenvalue weighted by atomic mass is 10.1. The van der Waals surface area contributed by atoms with Crippen LogP contribution in [0.5, 0.6) is 0 Å². The molecule has 0 radical (unpaired) electrons. The summed E-state index contributed by atoms with van der Waals surface area (Å²) in [5, 5.41) is 5.97. The van der Waals surface area contributed by atoms with E-state index in [-0.39, 0.29) is 5.91 Å². The molecule has 0 aromatic heterocycles. The second kappa shape index (κ2) is 7.98. The molecule has 120 valence electrons. The van der Waals surface area contributed by atoms with Crippen LogP contribution in [0.4, 0.5) is 11.4 Å². The van der Waals surface area contributed by atoms with E-state index in [1.54, 1.807) is 24.3 Å². The average Bonchev–Trinajstić information content (AvgIpc) is 2.56. The minimum absolute atomic E-state index is 0.164. The van der Waals surface area contributed by atoms with E-state index in [2.05, 4.69) is 10.6 Å². The summed E-state index contributed by atoms with van der Waals surface area (Å²) in [7, 11) is 1.31. The van der Waals surface area contributed by atoms with Crippen molar-refractivity contribution in [3.63, 3.8) is 0 Å². The summed E-state index contributed by atoms with van der Waals surface area (Å²) in [4.78, 5) is 23.7. The largest absolute Gasteiger partial charge is 0.465 e. The number of carbonyl (C=O) groups is 2. The summed E-state index contributed by atoms with van der Waals surface area (Å²) in [6.07, 6.45) is 0.295. The van der Waals surface area contributed by atoms with Gasteiger partial charge in [-0.1, -0.05) is 30.3 Å². The van der Waals surface area contributed by atoms with Gasteiger partial charge in [0.2, 0.25) is 5.91 Å². The molecule has 0 heterocycles. The number of esters is 1. The number of ether oxygens (including phenoxy) is 1. The molecule has 1 amide bonds. The number of methoxy groups -OCH3 is 1. The maximum absolute atomic E-state index is 12.0. The first-order valence-electron chi connectivity index (χ1n) is 7.38. The first-order valence-corrected chi connectivity index (χ1v) is 7.38. The number of hydrogen-bond donors (Lipinski definition) is 2. The lowest BCUT2D eigenvalue weighted by Gasteiger charge is -2.11. The minimum Gasteiger partial charge on any atom is -0.465 e. The van der Waals surface area contributed by atoms with Gasteiger partial charge in [-0.2, -0.15) is 0 Å². The Morgan fingerprint density at radius 1 is 1.00 bits per heavy atom. The predicted octanol–water partition coefficient (Wildman–Crippen LogP) is 3.22. The Morgan fingerprint density at radius 2 is 1.65 bits per heavy atom. The molecular formula is C18H20N2O3. The van der Waals surface area contributed by atoms with Gasteiger partial charge in [-0.3, -0.25) is 4.79 Å². The molecule has 0 saturated carbocycles. The maximum Gasteiger partial charge on any atom is 0.339 e. The second-order valence-electron chi connectivity index (χ2n) is 5.08. The van der Waals surface area contributed by atoms with Crippen molar-refractivity contribution >= 4 is 23.3 Å². The first kappa shape index (κ1) is 16.5. The fourth-order valence-corrected chi connectivity index (χ4v) is 2.17. The molecule has 2 aromatic rings. The number of aryl methyl sites for hydroxylation is 1. The van der Waals surface area contributed by atoms with E-state index >= 15 is 0 Å². The molecule has 23 heavy (non-hydrogen) atoms. The van der Waals surface area contributed by atoms with Crippen molar-refractivity contribution in [2.75, 3.05) is 24.3 Å². The van der Waals surface area contributed by atoms with Gasteiger partial charge in [-0.25, -0.2) is 4.79 Å². The van der Waals surface area contributed by atoms with Gasteiger partial charge in [0.1, 0.15) is 0 Å². The molecule has 2 N–H and O–H groups in total. The highest BCUT2D eigenvalue weighted by Gasteiger charge is 2.12. The first-order chi connectivity index (χ1) is 11.1. The highest BCUT2D eigenvalue weighted by atomic mass is 16.5. The molecular weight excluding hydrogens is 292 g/mol. The fourth-order valence-electron chi connectivity index (χ4n) is 2.17. The maximum atomic E-state index is 12.0. The molecule has 0 atom stereocenters. The highest BCUT2D eigenvalue weighted by molar-refractivity contribution is 6.01. The molecule has 0 spiro atoms. The van der Waals surface area contributed by atoms with Crippen LogP contribution >= 0.6 is 0 Å². The van der Waals surface area contributed by atoms with E-state index in [9.17, 15) is 9.59 Å². The molecule has 5 nitrogen and oxygen atoms in total. The van der Waals surface area contributed by atoms with E-state index in [0.29, 0.717) is 24.2 Å². The minimum atomic E-state index is -0.473. The zero-order chi connectivity index (χ0) is 16.7. The zero-order valence-corrected chi connectivity index (χ0v) is 13.3. The molecule has 0 bridgehead atoms. The third-order valence-electron chi connectivity index (χ3n) is 3.42. The van der Waals surface area contributed by atoms with Crippen LogP contribution in [0.2, 0.25) is 0 Å². The summed E-state index contributed by atoms with van der Waals surface area (Å²) in [6.45, 7) is 2.52. The van der Waals surface area contributed by atoms with Crippen LogP contribution in [-0.4, -0.2) is 25.5 Å². The van der Waals surface area contributed by atoms with E-state index in [0.717, 1.165) is 11.3 Å². The molecule has 2 rings (SSSR count). The number of hydrogen-bond acceptors (Lipinski definition) is 4. The lowest BCUT2D eigenvalue weighted by molar-refractivity contribution is -0.115. The van der Waals surface area contributed by atoms with Crippen molar-refractivity contribution in [1.29, 1.82) is 0 Å². The third-order valence-corrected chi connectivity index (χ3v) is 3.42. The summed E-state index contributed by atoms with van der Waals surface area (Å²) in [6, 6.07) is 14.7. The monoisotopic (exact) mass is 312 g/mol. The van der Waals surface area contributed by atoms with Crippen LogP contribution in [0.25, 0.3) is 0 Å². The number of anilines is 2. The number of amides is 1. The average molecular weight is 312 g/mol. The number of carbonyl (C=O) groups excluding carboxylic acids is 2. The van der Waals surface area contributed by atoms with E-state index in [4.69, 9.17) is 4.74 Å². The highest BCUT2D eigenvalue weighted by Crippen LogP contribution is 2.16. The Hall–Kier alpha value is -2.82.